The van der Waals surface area contributed by atoms with Crippen molar-refractivity contribution >= 4 is 16.1 Å². The molecule has 0 spiro atoms. The van der Waals surface area contributed by atoms with E-state index >= 15 is 0 Å². The van der Waals surface area contributed by atoms with E-state index in [0.29, 0.717) is 5.56 Å². The lowest BCUT2D eigenvalue weighted by atomic mass is 10.0. The Kier molecular flexibility index (Phi) is 3.54. The van der Waals surface area contributed by atoms with Gasteiger partial charge in [0.05, 0.1) is 12.2 Å². The van der Waals surface area contributed by atoms with E-state index in [2.05, 4.69) is 4.18 Å². The second-order valence-corrected chi connectivity index (χ2v) is 4.99. The van der Waals surface area contributed by atoms with Crippen molar-refractivity contribution in [1.29, 1.82) is 0 Å². The number of aliphatic carboxylic acids is 1. The fourth-order valence-corrected chi connectivity index (χ4v) is 1.59. The summed E-state index contributed by atoms with van der Waals surface area (Å²) in [5.74, 6) is -1.40. The Hall–Kier alpha value is -1.56. The summed E-state index contributed by atoms with van der Waals surface area (Å²) in [7, 11) is -3.54. The normalized spacial score (nSPS) is 13.1. The molecule has 0 saturated carbocycles. The maximum Gasteiger partial charge on any atom is 0.310 e. The molecule has 0 heterocycles. The maximum atomic E-state index is 10.8. The van der Waals surface area contributed by atoms with Gasteiger partial charge in [-0.05, 0) is 24.6 Å². The molecule has 0 fully saturated rings. The van der Waals surface area contributed by atoms with Gasteiger partial charge in [-0.25, -0.2) is 0 Å². The zero-order valence-electron chi connectivity index (χ0n) is 8.88. The van der Waals surface area contributed by atoms with E-state index in [-0.39, 0.29) is 5.75 Å². The van der Waals surface area contributed by atoms with Crippen LogP contribution in [0, 0.1) is 0 Å². The van der Waals surface area contributed by atoms with Crippen molar-refractivity contribution in [1.82, 2.24) is 0 Å². The van der Waals surface area contributed by atoms with E-state index < -0.39 is 22.0 Å². The first-order valence-electron chi connectivity index (χ1n) is 4.52. The summed E-state index contributed by atoms with van der Waals surface area (Å²) < 4.78 is 26.2. The summed E-state index contributed by atoms with van der Waals surface area (Å²) in [6, 6.07) is 5.91. The van der Waals surface area contributed by atoms with Crippen LogP contribution in [0.25, 0.3) is 0 Å². The SMILES string of the molecule is C[C@@H](C(=O)O)c1ccc(OS(C)(=O)=O)cc1. The first-order chi connectivity index (χ1) is 7.29. The van der Waals surface area contributed by atoms with E-state index in [9.17, 15) is 13.2 Å². The fraction of sp³-hybridized carbons (Fsp3) is 0.300. The Bertz CT molecular complexity index is 474. The van der Waals surface area contributed by atoms with Crippen molar-refractivity contribution in [3.05, 3.63) is 29.8 Å². The summed E-state index contributed by atoms with van der Waals surface area (Å²) in [5.41, 5.74) is 0.591. The van der Waals surface area contributed by atoms with Gasteiger partial charge in [0.15, 0.2) is 0 Å². The van der Waals surface area contributed by atoms with E-state index in [0.717, 1.165) is 6.26 Å². The van der Waals surface area contributed by atoms with Crippen LogP contribution in [-0.4, -0.2) is 25.7 Å². The zero-order valence-corrected chi connectivity index (χ0v) is 9.69. The molecule has 0 saturated heterocycles. The number of carboxylic acid groups (broad SMARTS) is 1. The molecule has 1 N–H and O–H groups in total. The summed E-state index contributed by atoms with van der Waals surface area (Å²) in [6.07, 6.45) is 0.945. The van der Waals surface area contributed by atoms with Crippen LogP contribution in [0.15, 0.2) is 24.3 Å². The van der Waals surface area contributed by atoms with Gasteiger partial charge in [0.25, 0.3) is 0 Å². The summed E-state index contributed by atoms with van der Waals surface area (Å²) in [6.45, 7) is 1.55. The molecule has 0 aromatic heterocycles. The minimum Gasteiger partial charge on any atom is -0.481 e. The molecule has 0 unspecified atom stereocenters. The molecule has 16 heavy (non-hydrogen) atoms. The van der Waals surface area contributed by atoms with Crippen LogP contribution in [0.1, 0.15) is 18.4 Å². The lowest BCUT2D eigenvalue weighted by molar-refractivity contribution is -0.138. The van der Waals surface area contributed by atoms with Gasteiger partial charge in [-0.1, -0.05) is 12.1 Å². The largest absolute Gasteiger partial charge is 0.481 e. The van der Waals surface area contributed by atoms with Crippen molar-refractivity contribution in [3.63, 3.8) is 0 Å². The highest BCUT2D eigenvalue weighted by molar-refractivity contribution is 7.86. The second-order valence-electron chi connectivity index (χ2n) is 3.42. The van der Waals surface area contributed by atoms with Crippen LogP contribution >= 0.6 is 0 Å². The van der Waals surface area contributed by atoms with Crippen LogP contribution < -0.4 is 4.18 Å². The fourth-order valence-electron chi connectivity index (χ4n) is 1.13. The van der Waals surface area contributed by atoms with Crippen LogP contribution in [-0.2, 0) is 14.9 Å². The van der Waals surface area contributed by atoms with E-state index in [1.165, 1.54) is 24.3 Å². The van der Waals surface area contributed by atoms with Crippen molar-refractivity contribution < 1.29 is 22.5 Å². The molecule has 1 aromatic rings. The first-order valence-corrected chi connectivity index (χ1v) is 6.33. The molecule has 0 aliphatic carbocycles. The van der Waals surface area contributed by atoms with Crippen LogP contribution in [0.4, 0.5) is 0 Å². The Morgan fingerprint density at radius 1 is 1.31 bits per heavy atom. The Labute approximate surface area is 93.8 Å². The highest BCUT2D eigenvalue weighted by atomic mass is 32.2. The number of carboxylic acids is 1. The molecular weight excluding hydrogens is 232 g/mol. The Morgan fingerprint density at radius 3 is 2.19 bits per heavy atom. The first kappa shape index (κ1) is 12.5. The van der Waals surface area contributed by atoms with Crippen molar-refractivity contribution in [2.45, 2.75) is 12.8 Å². The summed E-state index contributed by atoms with van der Waals surface area (Å²) >= 11 is 0. The van der Waals surface area contributed by atoms with Gasteiger partial charge < -0.3 is 9.29 Å². The smallest absolute Gasteiger partial charge is 0.310 e. The topological polar surface area (TPSA) is 80.7 Å². The van der Waals surface area contributed by atoms with Gasteiger partial charge in [-0.2, -0.15) is 8.42 Å². The average molecular weight is 244 g/mol. The maximum absolute atomic E-state index is 10.8. The predicted octanol–water partition coefficient (Wildman–Crippen LogP) is 1.21. The Balaban J connectivity index is 2.87. The van der Waals surface area contributed by atoms with Gasteiger partial charge in [0, 0.05) is 0 Å². The average Bonchev–Trinajstić information content (AvgIpc) is 2.15. The third kappa shape index (κ3) is 3.54. The molecule has 0 aliphatic rings. The molecule has 5 nitrogen and oxygen atoms in total. The van der Waals surface area contributed by atoms with E-state index in [1.54, 1.807) is 6.92 Å². The molecule has 1 aromatic carbocycles. The molecule has 0 bridgehead atoms. The van der Waals surface area contributed by atoms with Crippen LogP contribution in [0.2, 0.25) is 0 Å². The van der Waals surface area contributed by atoms with Gasteiger partial charge in [0.1, 0.15) is 5.75 Å². The lowest BCUT2D eigenvalue weighted by Crippen LogP contribution is -2.08. The molecule has 0 aliphatic heterocycles. The number of benzene rings is 1. The molecule has 0 amide bonds. The molecule has 6 heteroatoms. The van der Waals surface area contributed by atoms with Crippen molar-refractivity contribution in [2.75, 3.05) is 6.26 Å². The summed E-state index contributed by atoms with van der Waals surface area (Å²) in [5, 5.41) is 8.76. The second kappa shape index (κ2) is 4.52. The molecular formula is C10H12O5S. The zero-order chi connectivity index (χ0) is 12.3. The third-order valence-electron chi connectivity index (χ3n) is 2.00. The number of carbonyl (C=O) groups is 1. The monoisotopic (exact) mass is 244 g/mol. The predicted molar refractivity (Wildman–Crippen MR) is 58.0 cm³/mol. The standard InChI is InChI=1S/C10H12O5S/c1-7(10(11)12)8-3-5-9(6-4-8)15-16(2,13)14/h3-7H,1-2H3,(H,11,12)/t7-/m1/s1. The van der Waals surface area contributed by atoms with Gasteiger partial charge in [-0.15, -0.1) is 0 Å². The van der Waals surface area contributed by atoms with Gasteiger partial charge >= 0.3 is 16.1 Å². The molecule has 1 rings (SSSR count). The number of hydrogen-bond donors (Lipinski definition) is 1. The summed E-state index contributed by atoms with van der Waals surface area (Å²) in [4.78, 5) is 10.7. The third-order valence-corrected chi connectivity index (χ3v) is 2.49. The Morgan fingerprint density at radius 2 is 1.81 bits per heavy atom. The molecule has 0 radical (unpaired) electrons. The number of rotatable bonds is 4. The van der Waals surface area contributed by atoms with Crippen LogP contribution in [0.3, 0.4) is 0 Å². The number of hydrogen-bond acceptors (Lipinski definition) is 4. The van der Waals surface area contributed by atoms with E-state index in [1.807, 2.05) is 0 Å². The van der Waals surface area contributed by atoms with Gasteiger partial charge in [-0.3, -0.25) is 4.79 Å². The lowest BCUT2D eigenvalue weighted by Gasteiger charge is -2.07. The van der Waals surface area contributed by atoms with Gasteiger partial charge in [0.2, 0.25) is 0 Å². The quantitative estimate of drug-likeness (QED) is 0.805. The van der Waals surface area contributed by atoms with E-state index in [4.69, 9.17) is 5.11 Å². The minimum absolute atomic E-state index is 0.170. The van der Waals surface area contributed by atoms with Crippen molar-refractivity contribution in [2.24, 2.45) is 0 Å². The van der Waals surface area contributed by atoms with Crippen molar-refractivity contribution in [3.8, 4) is 5.75 Å². The van der Waals surface area contributed by atoms with Crippen LogP contribution in [0.5, 0.6) is 5.75 Å². The minimum atomic E-state index is -3.54. The highest BCUT2D eigenvalue weighted by Gasteiger charge is 2.13. The molecule has 1 atom stereocenters. The highest BCUT2D eigenvalue weighted by Crippen LogP contribution is 2.20. The molecule has 88 valence electrons.